The molecule has 0 aliphatic carbocycles. The number of hydrogen-bond acceptors (Lipinski definition) is 6. The molecular formula is C12H10ClN3O3S. The Morgan fingerprint density at radius 1 is 1.45 bits per heavy atom. The van der Waals surface area contributed by atoms with Crippen molar-refractivity contribution in [2.24, 2.45) is 0 Å². The molecule has 0 bridgehead atoms. The van der Waals surface area contributed by atoms with Gasteiger partial charge in [-0.15, -0.1) is 11.3 Å². The summed E-state index contributed by atoms with van der Waals surface area (Å²) in [6.45, 7) is 1.97. The number of amides is 1. The number of anilines is 1. The maximum atomic E-state index is 11.9. The maximum Gasteiger partial charge on any atom is 0.357 e. The predicted octanol–water partition coefficient (Wildman–Crippen LogP) is 2.62. The summed E-state index contributed by atoms with van der Waals surface area (Å²) in [5.41, 5.74) is 0.330. The molecule has 104 valence electrons. The summed E-state index contributed by atoms with van der Waals surface area (Å²) in [6, 6.07) is 3.01. The van der Waals surface area contributed by atoms with Crippen molar-refractivity contribution in [3.05, 3.63) is 40.1 Å². The van der Waals surface area contributed by atoms with Gasteiger partial charge in [-0.2, -0.15) is 0 Å². The Labute approximate surface area is 123 Å². The van der Waals surface area contributed by atoms with Crippen LogP contribution in [0.15, 0.2) is 23.7 Å². The molecule has 0 spiro atoms. The minimum atomic E-state index is -0.523. The Morgan fingerprint density at radius 2 is 2.25 bits per heavy atom. The monoisotopic (exact) mass is 311 g/mol. The van der Waals surface area contributed by atoms with E-state index in [1.54, 1.807) is 13.0 Å². The average molecular weight is 312 g/mol. The second-order valence-corrected chi connectivity index (χ2v) is 4.87. The van der Waals surface area contributed by atoms with Crippen molar-refractivity contribution >= 4 is 39.9 Å². The van der Waals surface area contributed by atoms with Crippen LogP contribution in [0.25, 0.3) is 0 Å². The minimum absolute atomic E-state index is 0.159. The molecule has 20 heavy (non-hydrogen) atoms. The fraction of sp³-hybridized carbons (Fsp3) is 0.167. The van der Waals surface area contributed by atoms with Gasteiger partial charge >= 0.3 is 5.97 Å². The smallest absolute Gasteiger partial charge is 0.357 e. The van der Waals surface area contributed by atoms with Crippen molar-refractivity contribution in [2.45, 2.75) is 6.92 Å². The van der Waals surface area contributed by atoms with E-state index >= 15 is 0 Å². The zero-order chi connectivity index (χ0) is 14.5. The highest BCUT2D eigenvalue weighted by atomic mass is 35.5. The van der Waals surface area contributed by atoms with Crippen LogP contribution in [0.1, 0.15) is 27.9 Å². The topological polar surface area (TPSA) is 81.2 Å². The summed E-state index contributed by atoms with van der Waals surface area (Å²) in [6.07, 6.45) is 1.43. The quantitative estimate of drug-likeness (QED) is 0.878. The number of pyridine rings is 1. The van der Waals surface area contributed by atoms with Crippen molar-refractivity contribution in [3.63, 3.8) is 0 Å². The maximum absolute atomic E-state index is 11.9. The molecule has 0 aliphatic heterocycles. The van der Waals surface area contributed by atoms with Gasteiger partial charge in [0.15, 0.2) is 10.8 Å². The van der Waals surface area contributed by atoms with Gasteiger partial charge in [0.2, 0.25) is 0 Å². The molecule has 1 amide bonds. The van der Waals surface area contributed by atoms with Crippen LogP contribution >= 0.6 is 22.9 Å². The lowest BCUT2D eigenvalue weighted by atomic mass is 10.3. The van der Waals surface area contributed by atoms with E-state index in [1.807, 2.05) is 0 Å². The van der Waals surface area contributed by atoms with E-state index < -0.39 is 11.9 Å². The van der Waals surface area contributed by atoms with Crippen molar-refractivity contribution in [1.82, 2.24) is 9.97 Å². The standard InChI is InChI=1S/C12H10ClN3O3S/c1-2-19-11(18)9-6-20-12(15-9)16-10(17)8-5-7(13)3-4-14-8/h3-6H,2H2,1H3,(H,15,16,17). The van der Waals surface area contributed by atoms with Gasteiger partial charge in [-0.05, 0) is 19.1 Å². The Balaban J connectivity index is 2.07. The largest absolute Gasteiger partial charge is 0.461 e. The highest BCUT2D eigenvalue weighted by molar-refractivity contribution is 7.14. The number of aromatic nitrogens is 2. The molecule has 0 atom stereocenters. The average Bonchev–Trinajstić information content (AvgIpc) is 2.87. The molecule has 2 aromatic heterocycles. The first-order valence-corrected chi connectivity index (χ1v) is 6.91. The Hall–Kier alpha value is -1.99. The molecule has 0 unspecified atom stereocenters. The summed E-state index contributed by atoms with van der Waals surface area (Å²) >= 11 is 6.90. The molecule has 0 radical (unpaired) electrons. The number of thiazole rings is 1. The molecule has 0 aliphatic rings. The van der Waals surface area contributed by atoms with Gasteiger partial charge in [0.1, 0.15) is 5.69 Å². The number of esters is 1. The third-order valence-electron chi connectivity index (χ3n) is 2.16. The molecule has 0 saturated carbocycles. The van der Waals surface area contributed by atoms with E-state index in [1.165, 1.54) is 17.6 Å². The van der Waals surface area contributed by atoms with Crippen LogP contribution in [-0.4, -0.2) is 28.5 Å². The lowest BCUT2D eigenvalue weighted by molar-refractivity contribution is 0.0520. The molecule has 0 fully saturated rings. The Morgan fingerprint density at radius 3 is 2.95 bits per heavy atom. The third kappa shape index (κ3) is 3.52. The van der Waals surface area contributed by atoms with Gasteiger partial charge in [-0.25, -0.2) is 9.78 Å². The summed E-state index contributed by atoms with van der Waals surface area (Å²) in [7, 11) is 0. The molecule has 2 aromatic rings. The molecule has 0 saturated heterocycles. The first-order chi connectivity index (χ1) is 9.60. The molecule has 0 aromatic carbocycles. The van der Waals surface area contributed by atoms with Gasteiger partial charge in [0, 0.05) is 16.6 Å². The van der Waals surface area contributed by atoms with E-state index in [9.17, 15) is 9.59 Å². The Kier molecular flexibility index (Phi) is 4.65. The lowest BCUT2D eigenvalue weighted by Crippen LogP contribution is -2.13. The van der Waals surface area contributed by atoms with Crippen LogP contribution < -0.4 is 5.32 Å². The molecule has 1 N–H and O–H groups in total. The summed E-state index contributed by atoms with van der Waals surface area (Å²) in [5.74, 6) is -0.970. The van der Waals surface area contributed by atoms with E-state index in [2.05, 4.69) is 15.3 Å². The predicted molar refractivity (Wildman–Crippen MR) is 75.3 cm³/mol. The molecule has 2 heterocycles. The van der Waals surface area contributed by atoms with Gasteiger partial charge in [-0.3, -0.25) is 15.1 Å². The van der Waals surface area contributed by atoms with Gasteiger partial charge in [0.05, 0.1) is 6.61 Å². The first-order valence-electron chi connectivity index (χ1n) is 5.65. The van der Waals surface area contributed by atoms with Crippen molar-refractivity contribution in [2.75, 3.05) is 11.9 Å². The van der Waals surface area contributed by atoms with Crippen LogP contribution in [-0.2, 0) is 4.74 Å². The number of carbonyl (C=O) groups excluding carboxylic acids is 2. The van der Waals surface area contributed by atoms with Crippen molar-refractivity contribution < 1.29 is 14.3 Å². The number of hydrogen-bond donors (Lipinski definition) is 1. The van der Waals surface area contributed by atoms with E-state index in [0.29, 0.717) is 10.2 Å². The van der Waals surface area contributed by atoms with Gasteiger partial charge in [-0.1, -0.05) is 11.6 Å². The summed E-state index contributed by atoms with van der Waals surface area (Å²) < 4.78 is 4.81. The first kappa shape index (κ1) is 14.4. The SMILES string of the molecule is CCOC(=O)c1csc(NC(=O)c2cc(Cl)ccn2)n1. The van der Waals surface area contributed by atoms with E-state index in [-0.39, 0.29) is 18.0 Å². The lowest BCUT2D eigenvalue weighted by Gasteiger charge is -2.01. The molecule has 2 rings (SSSR count). The highest BCUT2D eigenvalue weighted by Crippen LogP contribution is 2.17. The van der Waals surface area contributed by atoms with Crippen LogP contribution in [0.4, 0.5) is 5.13 Å². The second-order valence-electron chi connectivity index (χ2n) is 3.57. The molecule has 6 nitrogen and oxygen atoms in total. The van der Waals surface area contributed by atoms with Crippen LogP contribution in [0.3, 0.4) is 0 Å². The second kappa shape index (κ2) is 6.44. The third-order valence-corrected chi connectivity index (χ3v) is 3.16. The van der Waals surface area contributed by atoms with Gasteiger partial charge < -0.3 is 4.74 Å². The normalized spacial score (nSPS) is 10.1. The molecule has 8 heteroatoms. The minimum Gasteiger partial charge on any atom is -0.461 e. The van der Waals surface area contributed by atoms with Crippen LogP contribution in [0.2, 0.25) is 5.02 Å². The fourth-order valence-corrected chi connectivity index (χ4v) is 2.15. The summed E-state index contributed by atoms with van der Waals surface area (Å²) in [5, 5.41) is 4.76. The number of ether oxygens (including phenoxy) is 1. The number of carbonyl (C=O) groups is 2. The number of rotatable bonds is 4. The van der Waals surface area contributed by atoms with Crippen molar-refractivity contribution in [1.29, 1.82) is 0 Å². The zero-order valence-electron chi connectivity index (χ0n) is 10.4. The van der Waals surface area contributed by atoms with E-state index in [0.717, 1.165) is 11.3 Å². The fourth-order valence-electron chi connectivity index (χ4n) is 1.32. The highest BCUT2D eigenvalue weighted by Gasteiger charge is 2.14. The summed E-state index contributed by atoms with van der Waals surface area (Å²) in [4.78, 5) is 31.2. The van der Waals surface area contributed by atoms with E-state index in [4.69, 9.17) is 16.3 Å². The Bertz CT molecular complexity index is 644. The number of halogens is 1. The van der Waals surface area contributed by atoms with Crippen LogP contribution in [0.5, 0.6) is 0 Å². The molecular weight excluding hydrogens is 302 g/mol. The van der Waals surface area contributed by atoms with Gasteiger partial charge in [0.25, 0.3) is 5.91 Å². The number of nitrogens with one attached hydrogen (secondary N) is 1. The zero-order valence-corrected chi connectivity index (χ0v) is 12.0. The number of nitrogens with zero attached hydrogens (tertiary/aromatic N) is 2. The van der Waals surface area contributed by atoms with Crippen LogP contribution in [0, 0.1) is 0 Å². The van der Waals surface area contributed by atoms with Crippen molar-refractivity contribution in [3.8, 4) is 0 Å².